The number of carbonyl (C=O) groups is 1. The zero-order valence-electron chi connectivity index (χ0n) is 19.2. The van der Waals surface area contributed by atoms with E-state index < -0.39 is 41.6 Å². The van der Waals surface area contributed by atoms with Crippen molar-refractivity contribution in [2.24, 2.45) is 0 Å². The molecule has 2 atom stereocenters. The lowest BCUT2D eigenvalue weighted by Gasteiger charge is -2.36. The van der Waals surface area contributed by atoms with Gasteiger partial charge in [0, 0.05) is 48.3 Å². The lowest BCUT2D eigenvalue weighted by molar-refractivity contribution is -0.271. The van der Waals surface area contributed by atoms with E-state index in [2.05, 4.69) is 10.6 Å². The largest absolute Gasteiger partial charge is 0.462 e. The summed E-state index contributed by atoms with van der Waals surface area (Å²) in [6, 6.07) is 0.341. The highest BCUT2D eigenvalue weighted by Crippen LogP contribution is 2.16. The number of ether oxygens (including phenoxy) is 4. The third-order valence-electron chi connectivity index (χ3n) is 4.40. The van der Waals surface area contributed by atoms with Crippen LogP contribution in [0.2, 0.25) is 6.04 Å². The quantitative estimate of drug-likeness (QED) is 0.244. The van der Waals surface area contributed by atoms with Gasteiger partial charge in [0.2, 0.25) is 0 Å². The minimum Gasteiger partial charge on any atom is -0.377 e. The van der Waals surface area contributed by atoms with Crippen molar-refractivity contribution >= 4 is 23.4 Å². The molecule has 10 nitrogen and oxygen atoms in total. The zero-order valence-corrected chi connectivity index (χ0v) is 21.6. The van der Waals surface area contributed by atoms with Crippen LogP contribution in [0, 0.1) is 0 Å². The van der Waals surface area contributed by atoms with Crippen molar-refractivity contribution in [1.29, 1.82) is 0 Å². The molecular weight excluding hydrogens is 416 g/mol. The van der Waals surface area contributed by atoms with Crippen LogP contribution in [0.25, 0.3) is 0 Å². The Balaban J connectivity index is 4.84. The second-order valence-corrected chi connectivity index (χ2v) is 13.7. The van der Waals surface area contributed by atoms with Gasteiger partial charge in [0.25, 0.3) is 5.91 Å². The van der Waals surface area contributed by atoms with Crippen LogP contribution >= 0.6 is 0 Å². The third kappa shape index (κ3) is 9.40. The van der Waals surface area contributed by atoms with Crippen molar-refractivity contribution in [3.05, 3.63) is 0 Å². The third-order valence-corrected chi connectivity index (χ3v) is 12.7. The van der Waals surface area contributed by atoms with E-state index in [1.165, 1.54) is 21.3 Å². The molecule has 174 valence electrons. The number of hydrogen-bond acceptors (Lipinski definition) is 8. The maximum Gasteiger partial charge on any atom is 0.462 e. The maximum absolute atomic E-state index is 12.5. The van der Waals surface area contributed by atoms with Crippen molar-refractivity contribution in [3.63, 3.8) is 0 Å². The molecule has 0 saturated heterocycles. The first-order valence-electron chi connectivity index (χ1n) is 9.98. The second kappa shape index (κ2) is 15.3. The van der Waals surface area contributed by atoms with Crippen LogP contribution in [-0.2, 0) is 32.2 Å². The number of nitrogens with one attached hydrogen (secondary N) is 2. The molecule has 2 unspecified atom stereocenters. The summed E-state index contributed by atoms with van der Waals surface area (Å²) in [4.78, 5) is 12.5. The van der Waals surface area contributed by atoms with Crippen LogP contribution < -0.4 is 10.6 Å². The van der Waals surface area contributed by atoms with Gasteiger partial charge < -0.3 is 37.5 Å². The lowest BCUT2D eigenvalue weighted by atomic mass is 10.3. The minimum absolute atomic E-state index is 0.483. The Labute approximate surface area is 178 Å². The van der Waals surface area contributed by atoms with Crippen molar-refractivity contribution in [2.45, 2.75) is 58.4 Å². The molecule has 0 rings (SSSR count). The van der Waals surface area contributed by atoms with Gasteiger partial charge in [-0.3, -0.25) is 5.32 Å². The Morgan fingerprint density at radius 1 is 0.966 bits per heavy atom. The fourth-order valence-corrected chi connectivity index (χ4v) is 10.9. The van der Waals surface area contributed by atoms with Crippen LogP contribution in [0.5, 0.6) is 0 Å². The number of methoxy groups -OCH3 is 4. The van der Waals surface area contributed by atoms with Crippen LogP contribution in [-0.4, -0.2) is 89.9 Å². The standard InChI is InChI=1S/C17H40N2O8Si2/c1-9-25-29(26-10-2,27-11-3)28-13-12-15(22-6)18-16(20)19-17(23-7,24-8)14(4)21-5/h14-15H,9-13,28H2,1-8H3,(H2,18,19,20). The van der Waals surface area contributed by atoms with E-state index in [1.54, 1.807) is 14.0 Å². The Bertz CT molecular complexity index is 427. The summed E-state index contributed by atoms with van der Waals surface area (Å²) < 4.78 is 39.1. The SMILES string of the molecule is CCO[Si](OCC)(OCC)[SiH2]CCC(NC(=O)NC(OC)(OC)C(C)OC)OC. The molecule has 12 heteroatoms. The fourth-order valence-electron chi connectivity index (χ4n) is 2.87. The van der Waals surface area contributed by atoms with E-state index in [9.17, 15) is 4.79 Å². The molecule has 0 aliphatic heterocycles. The molecule has 2 N–H and O–H groups in total. The topological polar surface area (TPSA) is 106 Å². The predicted octanol–water partition coefficient (Wildman–Crippen LogP) is 0.762. The van der Waals surface area contributed by atoms with Crippen molar-refractivity contribution in [1.82, 2.24) is 10.6 Å². The van der Waals surface area contributed by atoms with Crippen LogP contribution in [0.15, 0.2) is 0 Å². The first-order valence-corrected chi connectivity index (χ1v) is 15.0. The summed E-state index contributed by atoms with van der Waals surface area (Å²) in [5.41, 5.74) is 0. The average molecular weight is 457 g/mol. The van der Waals surface area contributed by atoms with Gasteiger partial charge in [-0.25, -0.2) is 4.79 Å². The molecular formula is C17H40N2O8Si2. The normalized spacial score (nSPS) is 14.9. The Morgan fingerprint density at radius 2 is 1.48 bits per heavy atom. The molecule has 0 aliphatic carbocycles. The Hall–Kier alpha value is -0.576. The van der Waals surface area contributed by atoms with Crippen LogP contribution in [0.4, 0.5) is 4.79 Å². The van der Waals surface area contributed by atoms with E-state index in [-0.39, 0.29) is 0 Å². The van der Waals surface area contributed by atoms with Crippen molar-refractivity contribution in [2.75, 3.05) is 48.3 Å². The molecule has 0 radical (unpaired) electrons. The molecule has 0 spiro atoms. The van der Waals surface area contributed by atoms with Crippen LogP contribution in [0.1, 0.15) is 34.1 Å². The highest BCUT2D eigenvalue weighted by atomic mass is 29.2. The van der Waals surface area contributed by atoms with Gasteiger partial charge in [0.05, 0.1) is 0 Å². The molecule has 0 heterocycles. The summed E-state index contributed by atoms with van der Waals surface area (Å²) in [7, 11) is 2.51. The Kier molecular flexibility index (Phi) is 15.0. The summed E-state index contributed by atoms with van der Waals surface area (Å²) in [6.07, 6.45) is -0.402. The number of amides is 2. The van der Waals surface area contributed by atoms with Crippen molar-refractivity contribution < 1.29 is 37.0 Å². The number of hydrogen-bond donors (Lipinski definition) is 2. The van der Waals surface area contributed by atoms with Gasteiger partial charge >= 0.3 is 14.4 Å². The van der Waals surface area contributed by atoms with Crippen LogP contribution in [0.3, 0.4) is 0 Å². The monoisotopic (exact) mass is 456 g/mol. The minimum atomic E-state index is -2.59. The average Bonchev–Trinajstić information content (AvgIpc) is 2.71. The molecule has 29 heavy (non-hydrogen) atoms. The van der Waals surface area contributed by atoms with Crippen molar-refractivity contribution in [3.8, 4) is 0 Å². The molecule has 0 fully saturated rings. The highest BCUT2D eigenvalue weighted by molar-refractivity contribution is 7.14. The Morgan fingerprint density at radius 3 is 1.86 bits per heavy atom. The summed E-state index contributed by atoms with van der Waals surface area (Å²) in [5.74, 6) is -1.41. The highest BCUT2D eigenvalue weighted by Gasteiger charge is 2.41. The summed E-state index contributed by atoms with van der Waals surface area (Å²) in [5, 5.41) is 5.44. The van der Waals surface area contributed by atoms with E-state index in [0.29, 0.717) is 26.2 Å². The van der Waals surface area contributed by atoms with E-state index in [1.807, 2.05) is 20.8 Å². The van der Waals surface area contributed by atoms with Gasteiger partial charge in [0.15, 0.2) is 0 Å². The smallest absolute Gasteiger partial charge is 0.377 e. The molecule has 0 aromatic carbocycles. The van der Waals surface area contributed by atoms with Gasteiger partial charge in [-0.2, -0.15) is 0 Å². The maximum atomic E-state index is 12.5. The molecule has 0 aromatic rings. The zero-order chi connectivity index (χ0) is 22.3. The van der Waals surface area contributed by atoms with Gasteiger partial charge in [0.1, 0.15) is 21.4 Å². The lowest BCUT2D eigenvalue weighted by Crippen LogP contribution is -2.62. The summed E-state index contributed by atoms with van der Waals surface area (Å²) in [6.45, 7) is 9.22. The summed E-state index contributed by atoms with van der Waals surface area (Å²) >= 11 is 0. The molecule has 0 bridgehead atoms. The van der Waals surface area contributed by atoms with Gasteiger partial charge in [-0.05, 0) is 34.1 Å². The van der Waals surface area contributed by atoms with E-state index >= 15 is 0 Å². The predicted molar refractivity (Wildman–Crippen MR) is 114 cm³/mol. The first-order chi connectivity index (χ1) is 13.8. The molecule has 2 amide bonds. The first kappa shape index (κ1) is 28.4. The van der Waals surface area contributed by atoms with Gasteiger partial charge in [-0.15, -0.1) is 0 Å². The number of carbonyl (C=O) groups excluding carboxylic acids is 1. The number of urea groups is 1. The molecule has 0 aliphatic rings. The molecule has 0 saturated carbocycles. The number of rotatable bonds is 17. The fraction of sp³-hybridized carbons (Fsp3) is 0.941. The molecule has 0 aromatic heterocycles. The van der Waals surface area contributed by atoms with E-state index in [0.717, 1.165) is 6.04 Å². The van der Waals surface area contributed by atoms with E-state index in [4.69, 9.17) is 32.2 Å². The second-order valence-electron chi connectivity index (χ2n) is 6.15. The van der Waals surface area contributed by atoms with Gasteiger partial charge in [-0.1, -0.05) is 6.04 Å².